The third-order valence-electron chi connectivity index (χ3n) is 10.5. The van der Waals surface area contributed by atoms with Crippen molar-refractivity contribution >= 4 is 22.1 Å². The number of esters is 2. The summed E-state index contributed by atoms with van der Waals surface area (Å²) in [5.41, 5.74) is 0. The molecule has 0 aromatic carbocycles. The third kappa shape index (κ3) is 31.4. The molecule has 1 aliphatic heterocycles. The summed E-state index contributed by atoms with van der Waals surface area (Å²) in [7, 11) is -4.60. The normalized spacial score (nSPS) is 20.5. The number of allylic oxidation sites excluding steroid dienone is 6. The molecule has 0 saturated carbocycles. The number of aliphatic hydroxyl groups is 3. The highest BCUT2D eigenvalue weighted by atomic mass is 32.2. The van der Waals surface area contributed by atoms with Gasteiger partial charge in [-0.3, -0.25) is 14.1 Å². The van der Waals surface area contributed by atoms with Crippen molar-refractivity contribution in [2.24, 2.45) is 0 Å². The molecule has 6 atom stereocenters. The van der Waals surface area contributed by atoms with Gasteiger partial charge in [-0.05, 0) is 51.4 Å². The fourth-order valence-electron chi connectivity index (χ4n) is 6.86. The van der Waals surface area contributed by atoms with Crippen LogP contribution in [-0.2, 0) is 38.7 Å². The van der Waals surface area contributed by atoms with E-state index in [4.69, 9.17) is 18.9 Å². The van der Waals surface area contributed by atoms with Gasteiger partial charge >= 0.3 is 11.9 Å². The van der Waals surface area contributed by atoms with Crippen LogP contribution < -0.4 is 0 Å². The van der Waals surface area contributed by atoms with E-state index in [0.29, 0.717) is 12.8 Å². The maximum absolute atomic E-state index is 12.8. The van der Waals surface area contributed by atoms with Crippen LogP contribution in [0, 0.1) is 0 Å². The van der Waals surface area contributed by atoms with E-state index in [1.165, 1.54) is 77.0 Å². The van der Waals surface area contributed by atoms with Gasteiger partial charge in [0.1, 0.15) is 36.8 Å². The standard InChI is InChI=1S/C46H82O12S/c1-3-5-7-9-11-13-15-17-18-19-20-21-22-23-25-27-29-31-33-35-42(48)57-39(37-56-46-45(51)44(50)43(49)40(58-46)38-59(52,53)54)36-55-41(47)34-32-30-28-26-24-16-14-12-10-8-6-4-2/h11,13,17-18,20-21,39-40,43-46,49-51H,3-10,12,14-16,19,22-38H2,1-2H3,(H,52,53,54)/b13-11-,18-17-,21-20-. The average molecular weight is 859 g/mol. The Balaban J connectivity index is 2.44. The van der Waals surface area contributed by atoms with Gasteiger partial charge in [0.05, 0.1) is 6.61 Å². The number of hydrogen-bond donors (Lipinski definition) is 4. The first-order valence-corrected chi connectivity index (χ1v) is 24.7. The second kappa shape index (κ2) is 36.5. The van der Waals surface area contributed by atoms with E-state index in [1.807, 2.05) is 0 Å². The Labute approximate surface area is 357 Å². The topological polar surface area (TPSA) is 186 Å². The predicted octanol–water partition coefficient (Wildman–Crippen LogP) is 9.39. The zero-order valence-electron chi connectivity index (χ0n) is 36.6. The predicted molar refractivity (Wildman–Crippen MR) is 233 cm³/mol. The molecular weight excluding hydrogens is 777 g/mol. The summed E-state index contributed by atoms with van der Waals surface area (Å²) < 4.78 is 54.0. The van der Waals surface area contributed by atoms with E-state index in [2.05, 4.69) is 50.3 Å². The first kappa shape index (κ1) is 54.9. The van der Waals surface area contributed by atoms with Crippen molar-refractivity contribution in [2.45, 2.75) is 224 Å². The molecule has 1 aliphatic rings. The van der Waals surface area contributed by atoms with Crippen LogP contribution in [0.15, 0.2) is 36.5 Å². The molecule has 0 amide bonds. The maximum Gasteiger partial charge on any atom is 0.306 e. The van der Waals surface area contributed by atoms with Crippen molar-refractivity contribution in [3.8, 4) is 0 Å². The molecule has 0 spiro atoms. The molecular formula is C46H82O12S. The second-order valence-corrected chi connectivity index (χ2v) is 17.6. The Bertz CT molecular complexity index is 1240. The molecule has 13 heteroatoms. The van der Waals surface area contributed by atoms with E-state index in [1.54, 1.807) is 0 Å². The van der Waals surface area contributed by atoms with E-state index in [-0.39, 0.29) is 19.4 Å². The molecule has 344 valence electrons. The molecule has 12 nitrogen and oxygen atoms in total. The number of rotatable bonds is 38. The first-order valence-electron chi connectivity index (χ1n) is 23.0. The molecule has 59 heavy (non-hydrogen) atoms. The third-order valence-corrected chi connectivity index (χ3v) is 11.2. The quantitative estimate of drug-likeness (QED) is 0.0200. The first-order chi connectivity index (χ1) is 28.5. The van der Waals surface area contributed by atoms with Gasteiger partial charge in [0.2, 0.25) is 0 Å². The number of carbonyl (C=O) groups is 2. The zero-order valence-corrected chi connectivity index (χ0v) is 37.4. The molecule has 1 saturated heterocycles. The van der Waals surface area contributed by atoms with Crippen molar-refractivity contribution in [3.05, 3.63) is 36.5 Å². The van der Waals surface area contributed by atoms with Crippen molar-refractivity contribution in [1.82, 2.24) is 0 Å². The summed E-state index contributed by atoms with van der Waals surface area (Å²) in [5.74, 6) is -2.00. The molecule has 0 radical (unpaired) electrons. The SMILES string of the molecule is CCCCC/C=C\C/C=C\C/C=C\CCCCCCCCC(=O)OC(COC(=O)CCCCCCCCCCCCCC)COC1OC(CS(=O)(=O)O)C(O)C(O)C1O. The van der Waals surface area contributed by atoms with Gasteiger partial charge in [-0.25, -0.2) is 0 Å². The van der Waals surface area contributed by atoms with Gasteiger partial charge in [-0.15, -0.1) is 0 Å². The molecule has 1 heterocycles. The molecule has 0 aromatic rings. The van der Waals surface area contributed by atoms with Crippen LogP contribution in [-0.4, -0.2) is 96.0 Å². The maximum atomic E-state index is 12.8. The molecule has 1 fully saturated rings. The number of ether oxygens (including phenoxy) is 4. The Morgan fingerprint density at radius 1 is 0.576 bits per heavy atom. The van der Waals surface area contributed by atoms with Crippen LogP contribution >= 0.6 is 0 Å². The van der Waals surface area contributed by atoms with Crippen LogP contribution in [0.2, 0.25) is 0 Å². The summed E-state index contributed by atoms with van der Waals surface area (Å²) >= 11 is 0. The summed E-state index contributed by atoms with van der Waals surface area (Å²) in [6, 6.07) is 0. The van der Waals surface area contributed by atoms with Gasteiger partial charge in [0.25, 0.3) is 10.1 Å². The highest BCUT2D eigenvalue weighted by Gasteiger charge is 2.46. The lowest BCUT2D eigenvalue weighted by Crippen LogP contribution is -2.60. The average Bonchev–Trinajstić information content (AvgIpc) is 3.20. The summed E-state index contributed by atoms with van der Waals surface area (Å²) in [5, 5.41) is 30.9. The van der Waals surface area contributed by atoms with Crippen LogP contribution in [0.1, 0.15) is 187 Å². The molecule has 4 N–H and O–H groups in total. The Kier molecular flexibility index (Phi) is 34.0. The molecule has 0 aliphatic carbocycles. The summed E-state index contributed by atoms with van der Waals surface area (Å²) in [4.78, 5) is 25.4. The largest absolute Gasteiger partial charge is 0.462 e. The highest BCUT2D eigenvalue weighted by molar-refractivity contribution is 7.85. The number of hydrogen-bond acceptors (Lipinski definition) is 11. The molecule has 6 unspecified atom stereocenters. The van der Waals surface area contributed by atoms with Crippen LogP contribution in [0.25, 0.3) is 0 Å². The van der Waals surface area contributed by atoms with Gasteiger partial charge in [0, 0.05) is 12.8 Å². The Morgan fingerprint density at radius 3 is 1.54 bits per heavy atom. The lowest BCUT2D eigenvalue weighted by Gasteiger charge is -2.40. The van der Waals surface area contributed by atoms with Crippen LogP contribution in [0.5, 0.6) is 0 Å². The van der Waals surface area contributed by atoms with Crippen molar-refractivity contribution in [3.63, 3.8) is 0 Å². The minimum Gasteiger partial charge on any atom is -0.462 e. The zero-order chi connectivity index (χ0) is 43.4. The van der Waals surface area contributed by atoms with Crippen molar-refractivity contribution in [1.29, 1.82) is 0 Å². The number of carbonyl (C=O) groups excluding carboxylic acids is 2. The lowest BCUT2D eigenvalue weighted by atomic mass is 10.00. The fourth-order valence-corrected chi connectivity index (χ4v) is 7.55. The van der Waals surface area contributed by atoms with Crippen molar-refractivity contribution < 1.29 is 56.8 Å². The van der Waals surface area contributed by atoms with Crippen LogP contribution in [0.3, 0.4) is 0 Å². The van der Waals surface area contributed by atoms with Crippen LogP contribution in [0.4, 0.5) is 0 Å². The minimum atomic E-state index is -4.60. The summed E-state index contributed by atoms with van der Waals surface area (Å²) in [6.45, 7) is 3.72. The number of unbranched alkanes of at least 4 members (excludes halogenated alkanes) is 20. The Hall–Kier alpha value is -2.13. The lowest BCUT2D eigenvalue weighted by molar-refractivity contribution is -0.297. The highest BCUT2D eigenvalue weighted by Crippen LogP contribution is 2.24. The van der Waals surface area contributed by atoms with Gasteiger partial charge in [-0.1, -0.05) is 159 Å². The van der Waals surface area contributed by atoms with E-state index in [0.717, 1.165) is 70.6 Å². The minimum absolute atomic E-state index is 0.151. The van der Waals surface area contributed by atoms with Gasteiger partial charge < -0.3 is 34.3 Å². The van der Waals surface area contributed by atoms with Gasteiger partial charge in [-0.2, -0.15) is 8.42 Å². The van der Waals surface area contributed by atoms with Gasteiger partial charge in [0.15, 0.2) is 12.4 Å². The summed E-state index contributed by atoms with van der Waals surface area (Å²) in [6.07, 6.45) is 31.8. The second-order valence-electron chi connectivity index (χ2n) is 16.1. The van der Waals surface area contributed by atoms with Crippen molar-refractivity contribution in [2.75, 3.05) is 19.0 Å². The molecule has 1 rings (SSSR count). The Morgan fingerprint density at radius 2 is 1.02 bits per heavy atom. The van der Waals surface area contributed by atoms with E-state index in [9.17, 15) is 37.9 Å². The monoisotopic (exact) mass is 859 g/mol. The molecule has 0 bridgehead atoms. The molecule has 0 aromatic heterocycles. The smallest absolute Gasteiger partial charge is 0.306 e. The van der Waals surface area contributed by atoms with E-state index >= 15 is 0 Å². The number of aliphatic hydroxyl groups excluding tert-OH is 3. The fraction of sp³-hybridized carbons (Fsp3) is 0.826. The van der Waals surface area contributed by atoms with E-state index < -0.39 is 71.2 Å².